The lowest BCUT2D eigenvalue weighted by Crippen LogP contribution is -2.49. The maximum Gasteiger partial charge on any atom is 0.274 e. The Bertz CT molecular complexity index is 1020. The maximum absolute atomic E-state index is 13.1. The van der Waals surface area contributed by atoms with Crippen molar-refractivity contribution in [2.45, 2.75) is 25.3 Å². The molecule has 1 aliphatic rings. The third-order valence-corrected chi connectivity index (χ3v) is 5.42. The van der Waals surface area contributed by atoms with E-state index >= 15 is 0 Å². The number of ether oxygens (including phenoxy) is 1. The molecule has 2 aromatic carbocycles. The van der Waals surface area contributed by atoms with Gasteiger partial charge in [-0.05, 0) is 42.7 Å². The Morgan fingerprint density at radius 2 is 1.81 bits per heavy atom. The van der Waals surface area contributed by atoms with E-state index < -0.39 is 11.9 Å². The predicted molar refractivity (Wildman–Crippen MR) is 116 cm³/mol. The van der Waals surface area contributed by atoms with E-state index in [0.717, 1.165) is 42.8 Å². The summed E-state index contributed by atoms with van der Waals surface area (Å²) in [6, 6.07) is 17.9. The van der Waals surface area contributed by atoms with Gasteiger partial charge in [0, 0.05) is 31.1 Å². The second-order valence-corrected chi connectivity index (χ2v) is 7.55. The van der Waals surface area contributed by atoms with Crippen molar-refractivity contribution in [1.82, 2.24) is 15.4 Å². The van der Waals surface area contributed by atoms with E-state index in [1.165, 1.54) is 0 Å². The number of methoxy groups -OCH3 is 1. The van der Waals surface area contributed by atoms with Crippen LogP contribution in [0.1, 0.15) is 28.9 Å². The number of benzene rings is 2. The summed E-state index contributed by atoms with van der Waals surface area (Å²) < 4.78 is 10.5. The summed E-state index contributed by atoms with van der Waals surface area (Å²) in [6.45, 7) is 1.46. The average Bonchev–Trinajstić information content (AvgIpc) is 3.51. The van der Waals surface area contributed by atoms with Gasteiger partial charge in [-0.25, -0.2) is 0 Å². The minimum atomic E-state index is -0.658. The molecule has 1 saturated heterocycles. The lowest BCUT2D eigenvalue weighted by Gasteiger charge is -2.24. The molecule has 7 heteroatoms. The molecule has 7 nitrogen and oxygen atoms in total. The first-order valence-electron chi connectivity index (χ1n) is 10.4. The number of nitrogens with one attached hydrogen (secondary N) is 1. The normalized spacial score (nSPS) is 14.3. The third-order valence-electron chi connectivity index (χ3n) is 5.42. The van der Waals surface area contributed by atoms with Gasteiger partial charge < -0.3 is 19.5 Å². The molecule has 2 amide bonds. The Balaban J connectivity index is 1.50. The third kappa shape index (κ3) is 4.94. The molecule has 1 unspecified atom stereocenters. The van der Waals surface area contributed by atoms with E-state index in [4.69, 9.17) is 9.26 Å². The van der Waals surface area contributed by atoms with Crippen molar-refractivity contribution in [2.75, 3.05) is 20.2 Å². The fourth-order valence-corrected chi connectivity index (χ4v) is 3.71. The average molecular weight is 419 g/mol. The van der Waals surface area contributed by atoms with Crippen LogP contribution in [0.15, 0.2) is 65.2 Å². The number of rotatable bonds is 7. The monoisotopic (exact) mass is 419 g/mol. The summed E-state index contributed by atoms with van der Waals surface area (Å²) in [5.74, 6) is 0.703. The SMILES string of the molecule is COc1ccc(-c2cc(C(=O)NC(Cc3ccccc3)C(=O)N3CCCC3)no2)cc1. The summed E-state index contributed by atoms with van der Waals surface area (Å²) in [5, 5.41) is 6.78. The smallest absolute Gasteiger partial charge is 0.274 e. The Morgan fingerprint density at radius 3 is 2.48 bits per heavy atom. The second-order valence-electron chi connectivity index (χ2n) is 7.55. The molecule has 2 heterocycles. The van der Waals surface area contributed by atoms with Crippen molar-refractivity contribution in [3.63, 3.8) is 0 Å². The van der Waals surface area contributed by atoms with Gasteiger partial charge in [-0.15, -0.1) is 0 Å². The highest BCUT2D eigenvalue weighted by Gasteiger charge is 2.29. The Labute approximate surface area is 181 Å². The molecular weight excluding hydrogens is 394 g/mol. The lowest BCUT2D eigenvalue weighted by atomic mass is 10.0. The number of amides is 2. The Kier molecular flexibility index (Phi) is 6.31. The standard InChI is InChI=1S/C24H25N3O4/c1-30-19-11-9-18(10-12-19)22-16-20(26-31-22)23(28)25-21(15-17-7-3-2-4-8-17)24(29)27-13-5-6-14-27/h2-4,7-12,16,21H,5-6,13-15H2,1H3,(H,25,28). The van der Waals surface area contributed by atoms with Crippen LogP contribution in [0.5, 0.6) is 5.75 Å². The number of carbonyl (C=O) groups excluding carboxylic acids is 2. The van der Waals surface area contributed by atoms with Gasteiger partial charge in [-0.2, -0.15) is 0 Å². The van der Waals surface area contributed by atoms with Crippen molar-refractivity contribution in [2.24, 2.45) is 0 Å². The van der Waals surface area contributed by atoms with Gasteiger partial charge in [0.05, 0.1) is 7.11 Å². The zero-order chi connectivity index (χ0) is 21.6. The highest BCUT2D eigenvalue weighted by atomic mass is 16.5. The molecule has 1 aromatic heterocycles. The molecule has 0 radical (unpaired) electrons. The number of aromatic nitrogens is 1. The van der Waals surface area contributed by atoms with Crippen molar-refractivity contribution >= 4 is 11.8 Å². The number of carbonyl (C=O) groups is 2. The van der Waals surface area contributed by atoms with E-state index in [2.05, 4.69) is 10.5 Å². The maximum atomic E-state index is 13.1. The van der Waals surface area contributed by atoms with Gasteiger partial charge in [0.25, 0.3) is 5.91 Å². The quantitative estimate of drug-likeness (QED) is 0.635. The van der Waals surface area contributed by atoms with Crippen LogP contribution >= 0.6 is 0 Å². The van der Waals surface area contributed by atoms with E-state index in [1.807, 2.05) is 59.5 Å². The molecule has 160 valence electrons. The van der Waals surface area contributed by atoms with Gasteiger partial charge in [0.15, 0.2) is 11.5 Å². The lowest BCUT2D eigenvalue weighted by molar-refractivity contribution is -0.132. The molecule has 0 bridgehead atoms. The molecule has 0 aliphatic carbocycles. The fourth-order valence-electron chi connectivity index (χ4n) is 3.71. The van der Waals surface area contributed by atoms with Gasteiger partial charge in [-0.1, -0.05) is 35.5 Å². The van der Waals surface area contributed by atoms with Crippen LogP contribution in [-0.2, 0) is 11.2 Å². The van der Waals surface area contributed by atoms with Crippen LogP contribution in [0.3, 0.4) is 0 Å². The first-order valence-corrected chi connectivity index (χ1v) is 10.4. The van der Waals surface area contributed by atoms with Gasteiger partial charge in [-0.3, -0.25) is 9.59 Å². The molecule has 3 aromatic rings. The van der Waals surface area contributed by atoms with Gasteiger partial charge in [0.2, 0.25) is 5.91 Å². The Hall–Kier alpha value is -3.61. The van der Waals surface area contributed by atoms with Gasteiger partial charge >= 0.3 is 0 Å². The van der Waals surface area contributed by atoms with Crippen molar-refractivity contribution in [3.05, 3.63) is 71.9 Å². The summed E-state index contributed by atoms with van der Waals surface area (Å²) in [6.07, 6.45) is 2.41. The summed E-state index contributed by atoms with van der Waals surface area (Å²) in [5.41, 5.74) is 1.90. The molecule has 1 aliphatic heterocycles. The summed E-state index contributed by atoms with van der Waals surface area (Å²) >= 11 is 0. The highest BCUT2D eigenvalue weighted by molar-refractivity contribution is 5.96. The van der Waals surface area contributed by atoms with Crippen LogP contribution in [0, 0.1) is 0 Å². The van der Waals surface area contributed by atoms with Gasteiger partial charge in [0.1, 0.15) is 11.8 Å². The summed E-state index contributed by atoms with van der Waals surface area (Å²) in [4.78, 5) is 27.8. The van der Waals surface area contributed by atoms with Crippen LogP contribution < -0.4 is 10.1 Å². The molecule has 1 fully saturated rings. The summed E-state index contributed by atoms with van der Waals surface area (Å²) in [7, 11) is 1.60. The number of hydrogen-bond donors (Lipinski definition) is 1. The molecule has 0 saturated carbocycles. The predicted octanol–water partition coefficient (Wildman–Crippen LogP) is 3.31. The van der Waals surface area contributed by atoms with E-state index in [9.17, 15) is 9.59 Å². The van der Waals surface area contributed by atoms with E-state index in [0.29, 0.717) is 12.2 Å². The molecule has 0 spiro atoms. The zero-order valence-electron chi connectivity index (χ0n) is 17.4. The Morgan fingerprint density at radius 1 is 1.10 bits per heavy atom. The van der Waals surface area contributed by atoms with Crippen LogP contribution in [0.2, 0.25) is 0 Å². The minimum absolute atomic E-state index is 0.0615. The van der Waals surface area contributed by atoms with Crippen molar-refractivity contribution in [3.8, 4) is 17.1 Å². The number of hydrogen-bond acceptors (Lipinski definition) is 5. The van der Waals surface area contributed by atoms with Crippen LogP contribution in [0.4, 0.5) is 0 Å². The van der Waals surface area contributed by atoms with Crippen LogP contribution in [0.25, 0.3) is 11.3 Å². The first kappa shape index (κ1) is 20.7. The zero-order valence-corrected chi connectivity index (χ0v) is 17.4. The van der Waals surface area contributed by atoms with Crippen molar-refractivity contribution < 1.29 is 18.8 Å². The molecule has 31 heavy (non-hydrogen) atoms. The highest BCUT2D eigenvalue weighted by Crippen LogP contribution is 2.23. The molecule has 1 N–H and O–H groups in total. The topological polar surface area (TPSA) is 84.7 Å². The fraction of sp³-hybridized carbons (Fsp3) is 0.292. The number of likely N-dealkylation sites (tertiary alicyclic amines) is 1. The first-order chi connectivity index (χ1) is 15.1. The van der Waals surface area contributed by atoms with E-state index in [1.54, 1.807) is 13.2 Å². The second kappa shape index (κ2) is 9.47. The van der Waals surface area contributed by atoms with E-state index in [-0.39, 0.29) is 11.6 Å². The molecular formula is C24H25N3O4. The minimum Gasteiger partial charge on any atom is -0.497 e. The van der Waals surface area contributed by atoms with Crippen molar-refractivity contribution in [1.29, 1.82) is 0 Å². The number of nitrogens with zero attached hydrogens (tertiary/aromatic N) is 2. The largest absolute Gasteiger partial charge is 0.497 e. The molecule has 1 atom stereocenters. The molecule has 4 rings (SSSR count). The van der Waals surface area contributed by atoms with Crippen LogP contribution in [-0.4, -0.2) is 48.1 Å².